The van der Waals surface area contributed by atoms with E-state index in [1.807, 2.05) is 30.3 Å². The zero-order valence-corrected chi connectivity index (χ0v) is 16.9. The normalized spacial score (nSPS) is 10.1. The molecule has 0 heterocycles. The second-order valence-electron chi connectivity index (χ2n) is 6.42. The summed E-state index contributed by atoms with van der Waals surface area (Å²) in [5.41, 5.74) is 1.33. The molecule has 0 bridgehead atoms. The van der Waals surface area contributed by atoms with Crippen LogP contribution in [0.3, 0.4) is 0 Å². The van der Waals surface area contributed by atoms with Gasteiger partial charge in [-0.3, -0.25) is 14.9 Å². The molecule has 2 amide bonds. The zero-order valence-electron chi connectivity index (χ0n) is 16.9. The van der Waals surface area contributed by atoms with Crippen LogP contribution in [-0.2, 0) is 16.1 Å². The molecule has 0 aliphatic carbocycles. The number of benzene rings is 3. The van der Waals surface area contributed by atoms with Gasteiger partial charge in [0.05, 0.1) is 12.7 Å². The number of ether oxygens (including phenoxy) is 3. The molecule has 158 valence electrons. The van der Waals surface area contributed by atoms with Crippen molar-refractivity contribution < 1.29 is 28.6 Å². The third-order valence-electron chi connectivity index (χ3n) is 4.28. The number of methoxy groups -OCH3 is 1. The molecule has 31 heavy (non-hydrogen) atoms. The van der Waals surface area contributed by atoms with Crippen molar-refractivity contribution in [1.29, 1.82) is 0 Å². The first-order valence-electron chi connectivity index (χ1n) is 9.48. The molecule has 0 fully saturated rings. The SMILES string of the molecule is COc1ccccc1C(=O)NC(=O)COC(=O)c1ccccc1OCc1ccccc1. The molecule has 7 heteroatoms. The predicted octanol–water partition coefficient (Wildman–Crippen LogP) is 3.39. The summed E-state index contributed by atoms with van der Waals surface area (Å²) in [5.74, 6) is -1.48. The number of imide groups is 1. The third-order valence-corrected chi connectivity index (χ3v) is 4.28. The van der Waals surface area contributed by atoms with E-state index in [9.17, 15) is 14.4 Å². The van der Waals surface area contributed by atoms with E-state index in [0.29, 0.717) is 11.5 Å². The van der Waals surface area contributed by atoms with Crippen molar-refractivity contribution in [3.63, 3.8) is 0 Å². The lowest BCUT2D eigenvalue weighted by molar-refractivity contribution is -0.123. The molecular formula is C24H21NO6. The van der Waals surface area contributed by atoms with E-state index in [1.54, 1.807) is 42.5 Å². The molecule has 3 aromatic carbocycles. The zero-order chi connectivity index (χ0) is 22.1. The molecule has 0 spiro atoms. The molecule has 7 nitrogen and oxygen atoms in total. The first-order chi connectivity index (χ1) is 15.1. The van der Waals surface area contributed by atoms with Crippen molar-refractivity contribution in [1.82, 2.24) is 5.32 Å². The van der Waals surface area contributed by atoms with Crippen LogP contribution in [0.25, 0.3) is 0 Å². The summed E-state index contributed by atoms with van der Waals surface area (Å²) in [6, 6.07) is 22.6. The van der Waals surface area contributed by atoms with Gasteiger partial charge in [-0.15, -0.1) is 0 Å². The van der Waals surface area contributed by atoms with Crippen molar-refractivity contribution in [2.75, 3.05) is 13.7 Å². The van der Waals surface area contributed by atoms with Crippen LogP contribution >= 0.6 is 0 Å². The maximum Gasteiger partial charge on any atom is 0.342 e. The number of carbonyl (C=O) groups is 3. The Kier molecular flexibility index (Phi) is 7.37. The van der Waals surface area contributed by atoms with Gasteiger partial charge in [0.1, 0.15) is 23.7 Å². The molecule has 1 N–H and O–H groups in total. The Bertz CT molecular complexity index is 1060. The van der Waals surface area contributed by atoms with E-state index >= 15 is 0 Å². The minimum absolute atomic E-state index is 0.183. The van der Waals surface area contributed by atoms with Crippen LogP contribution in [0.2, 0.25) is 0 Å². The Labute approximate surface area is 179 Å². The smallest absolute Gasteiger partial charge is 0.342 e. The summed E-state index contributed by atoms with van der Waals surface area (Å²) >= 11 is 0. The second-order valence-corrected chi connectivity index (χ2v) is 6.42. The van der Waals surface area contributed by atoms with Crippen molar-refractivity contribution in [3.05, 3.63) is 95.6 Å². The van der Waals surface area contributed by atoms with Crippen LogP contribution in [0.4, 0.5) is 0 Å². The van der Waals surface area contributed by atoms with Gasteiger partial charge in [-0.1, -0.05) is 54.6 Å². The van der Waals surface area contributed by atoms with Gasteiger partial charge < -0.3 is 14.2 Å². The van der Waals surface area contributed by atoms with Gasteiger partial charge in [0.25, 0.3) is 11.8 Å². The molecule has 0 atom stereocenters. The number of hydrogen-bond acceptors (Lipinski definition) is 6. The predicted molar refractivity (Wildman–Crippen MR) is 113 cm³/mol. The number of amides is 2. The highest BCUT2D eigenvalue weighted by Gasteiger charge is 2.18. The summed E-state index contributed by atoms with van der Waals surface area (Å²) in [4.78, 5) is 36.8. The molecule has 0 aliphatic rings. The van der Waals surface area contributed by atoms with Crippen LogP contribution in [0.1, 0.15) is 26.3 Å². The van der Waals surface area contributed by atoms with Crippen molar-refractivity contribution in [2.24, 2.45) is 0 Å². The van der Waals surface area contributed by atoms with Gasteiger partial charge in [0.15, 0.2) is 6.61 Å². The summed E-state index contributed by atoms with van der Waals surface area (Å²) < 4.78 is 15.9. The highest BCUT2D eigenvalue weighted by Crippen LogP contribution is 2.20. The third kappa shape index (κ3) is 5.93. The standard InChI is InChI=1S/C24H21NO6/c1-29-20-13-7-5-11-18(20)23(27)25-22(26)16-31-24(28)19-12-6-8-14-21(19)30-15-17-9-3-2-4-10-17/h2-14H,15-16H2,1H3,(H,25,26,27). The summed E-state index contributed by atoms with van der Waals surface area (Å²) in [6.45, 7) is -0.341. The summed E-state index contributed by atoms with van der Waals surface area (Å²) in [5, 5.41) is 2.17. The van der Waals surface area contributed by atoms with Crippen LogP contribution in [0.15, 0.2) is 78.9 Å². The van der Waals surface area contributed by atoms with E-state index in [-0.39, 0.29) is 17.7 Å². The number of para-hydroxylation sites is 2. The fourth-order valence-corrected chi connectivity index (χ4v) is 2.77. The summed E-state index contributed by atoms with van der Waals surface area (Å²) in [6.07, 6.45) is 0. The largest absolute Gasteiger partial charge is 0.496 e. The minimum atomic E-state index is -0.757. The minimum Gasteiger partial charge on any atom is -0.496 e. The van der Waals surface area contributed by atoms with Gasteiger partial charge in [0, 0.05) is 0 Å². The Hall–Kier alpha value is -4.13. The Morgan fingerprint density at radius 1 is 0.774 bits per heavy atom. The number of carbonyl (C=O) groups excluding carboxylic acids is 3. The lowest BCUT2D eigenvalue weighted by Gasteiger charge is -2.11. The quantitative estimate of drug-likeness (QED) is 0.563. The topological polar surface area (TPSA) is 90.9 Å². The molecule has 0 saturated carbocycles. The number of rotatable bonds is 8. The second kappa shape index (κ2) is 10.6. The van der Waals surface area contributed by atoms with Gasteiger partial charge in [-0.05, 0) is 29.8 Å². The molecule has 3 rings (SSSR count). The summed E-state index contributed by atoms with van der Waals surface area (Å²) in [7, 11) is 1.42. The lowest BCUT2D eigenvalue weighted by Crippen LogP contribution is -2.34. The van der Waals surface area contributed by atoms with Crippen LogP contribution in [-0.4, -0.2) is 31.5 Å². The maximum atomic E-state index is 12.5. The highest BCUT2D eigenvalue weighted by atomic mass is 16.5. The molecule has 0 radical (unpaired) electrons. The van der Waals surface area contributed by atoms with Gasteiger partial charge in [0.2, 0.25) is 0 Å². The average Bonchev–Trinajstić information content (AvgIpc) is 2.82. The maximum absolute atomic E-state index is 12.5. The Balaban J connectivity index is 1.57. The first kappa shape index (κ1) is 21.6. The molecular weight excluding hydrogens is 398 g/mol. The van der Waals surface area contributed by atoms with Crippen molar-refractivity contribution >= 4 is 17.8 Å². The molecule has 0 aliphatic heterocycles. The molecule has 0 saturated heterocycles. The lowest BCUT2D eigenvalue weighted by atomic mass is 10.2. The van der Waals surface area contributed by atoms with E-state index < -0.39 is 24.4 Å². The van der Waals surface area contributed by atoms with E-state index in [1.165, 1.54) is 13.2 Å². The van der Waals surface area contributed by atoms with E-state index in [2.05, 4.69) is 5.32 Å². The van der Waals surface area contributed by atoms with Gasteiger partial charge >= 0.3 is 5.97 Å². The number of nitrogens with one attached hydrogen (secondary N) is 1. The van der Waals surface area contributed by atoms with Gasteiger partial charge in [-0.2, -0.15) is 0 Å². The molecule has 0 aromatic heterocycles. The fraction of sp³-hybridized carbons (Fsp3) is 0.125. The van der Waals surface area contributed by atoms with Crippen LogP contribution in [0, 0.1) is 0 Å². The van der Waals surface area contributed by atoms with E-state index in [0.717, 1.165) is 5.56 Å². The van der Waals surface area contributed by atoms with Crippen LogP contribution < -0.4 is 14.8 Å². The van der Waals surface area contributed by atoms with Crippen LogP contribution in [0.5, 0.6) is 11.5 Å². The first-order valence-corrected chi connectivity index (χ1v) is 9.48. The van der Waals surface area contributed by atoms with Crippen molar-refractivity contribution in [3.8, 4) is 11.5 Å². The van der Waals surface area contributed by atoms with Crippen molar-refractivity contribution in [2.45, 2.75) is 6.61 Å². The molecule has 3 aromatic rings. The number of hydrogen-bond donors (Lipinski definition) is 1. The Morgan fingerprint density at radius 3 is 2.10 bits per heavy atom. The van der Waals surface area contributed by atoms with Gasteiger partial charge in [-0.25, -0.2) is 4.79 Å². The monoisotopic (exact) mass is 419 g/mol. The highest BCUT2D eigenvalue weighted by molar-refractivity contribution is 6.07. The number of esters is 1. The molecule has 0 unspecified atom stereocenters. The fourth-order valence-electron chi connectivity index (χ4n) is 2.77. The average molecular weight is 419 g/mol. The van der Waals surface area contributed by atoms with E-state index in [4.69, 9.17) is 14.2 Å². The Morgan fingerprint density at radius 2 is 1.39 bits per heavy atom.